The summed E-state index contributed by atoms with van der Waals surface area (Å²) in [6.45, 7) is 0. The van der Waals surface area contributed by atoms with Crippen LogP contribution in [0.4, 0.5) is 9.93 Å². The van der Waals surface area contributed by atoms with Crippen LogP contribution in [-0.4, -0.2) is 55.7 Å². The molecule has 2 aliphatic rings. The number of para-hydroxylation sites is 1. The molecule has 1 aliphatic carbocycles. The summed E-state index contributed by atoms with van der Waals surface area (Å²) in [6, 6.07) is 16.0. The van der Waals surface area contributed by atoms with Crippen LogP contribution in [0.5, 0.6) is 0 Å². The number of amides is 3. The predicted molar refractivity (Wildman–Crippen MR) is 147 cm³/mol. The summed E-state index contributed by atoms with van der Waals surface area (Å²) in [4.78, 5) is 47.8. The summed E-state index contributed by atoms with van der Waals surface area (Å²) >= 11 is 2.68. The monoisotopic (exact) mass is 545 g/mol. The number of hydrogen-bond acceptors (Lipinski definition) is 7. The van der Waals surface area contributed by atoms with Crippen molar-refractivity contribution < 1.29 is 19.5 Å². The number of aromatic nitrogens is 2. The largest absolute Gasteiger partial charge is 0.465 e. The van der Waals surface area contributed by atoms with Gasteiger partial charge in [0, 0.05) is 39.9 Å². The van der Waals surface area contributed by atoms with Gasteiger partial charge in [-0.15, -0.1) is 23.1 Å². The number of pyridine rings is 1. The molecule has 2 aromatic heterocycles. The van der Waals surface area contributed by atoms with Crippen LogP contribution in [0.1, 0.15) is 34.1 Å². The minimum absolute atomic E-state index is 0.0826. The number of thiazole rings is 1. The van der Waals surface area contributed by atoms with Gasteiger partial charge in [-0.2, -0.15) is 0 Å². The van der Waals surface area contributed by atoms with Crippen molar-refractivity contribution in [2.45, 2.75) is 30.3 Å². The van der Waals surface area contributed by atoms with Crippen LogP contribution in [-0.2, 0) is 4.79 Å². The molecule has 3 heterocycles. The van der Waals surface area contributed by atoms with Crippen LogP contribution < -0.4 is 10.6 Å². The van der Waals surface area contributed by atoms with Gasteiger partial charge >= 0.3 is 6.09 Å². The molecule has 192 valence electrons. The lowest BCUT2D eigenvalue weighted by Crippen LogP contribution is -2.44. The Hall–Kier alpha value is -3.96. The molecule has 0 radical (unpaired) electrons. The maximum absolute atomic E-state index is 13.2. The topological polar surface area (TPSA) is 125 Å². The quantitative estimate of drug-likeness (QED) is 0.312. The van der Waals surface area contributed by atoms with Gasteiger partial charge in [0.1, 0.15) is 11.4 Å². The molecule has 38 heavy (non-hydrogen) atoms. The van der Waals surface area contributed by atoms with Crippen molar-refractivity contribution in [1.82, 2.24) is 20.2 Å². The molecular formula is C27H23N5O4S2. The summed E-state index contributed by atoms with van der Waals surface area (Å²) in [5.41, 5.74) is 3.66. The molecule has 2 atom stereocenters. The van der Waals surface area contributed by atoms with E-state index in [1.54, 1.807) is 18.3 Å². The standard InChI is InChI=1S/C27H23N5O4S2/c33-23(29-17-9-10-17)16-7-5-15(6-8-16)21-13-38-26(30-21)31-24(34)22-14-37-25(32(22)27(35)36)19-11-12-28-20-4-2-1-3-18(19)20/h1-8,11-13,17,22,25H,9-10,14H2,(H,29,33)(H,35,36)(H,30,31,34). The van der Waals surface area contributed by atoms with Crippen LogP contribution >= 0.6 is 23.1 Å². The fourth-order valence-electron chi connectivity index (χ4n) is 4.46. The number of hydrogen-bond donors (Lipinski definition) is 3. The molecular weight excluding hydrogens is 522 g/mol. The van der Waals surface area contributed by atoms with E-state index in [0.29, 0.717) is 28.2 Å². The molecule has 3 N–H and O–H groups in total. The van der Waals surface area contributed by atoms with E-state index in [-0.39, 0.29) is 5.91 Å². The summed E-state index contributed by atoms with van der Waals surface area (Å²) in [5.74, 6) is -0.184. The van der Waals surface area contributed by atoms with Crippen molar-refractivity contribution in [3.63, 3.8) is 0 Å². The number of carboxylic acid groups (broad SMARTS) is 1. The minimum atomic E-state index is -1.16. The lowest BCUT2D eigenvalue weighted by molar-refractivity contribution is -0.119. The van der Waals surface area contributed by atoms with Crippen LogP contribution in [0, 0.1) is 0 Å². The zero-order valence-corrected chi connectivity index (χ0v) is 21.7. The highest BCUT2D eigenvalue weighted by Crippen LogP contribution is 2.43. The second-order valence-electron chi connectivity index (χ2n) is 9.16. The first kappa shape index (κ1) is 24.4. The summed E-state index contributed by atoms with van der Waals surface area (Å²) in [6.07, 6.45) is 2.56. The Morgan fingerprint density at radius 2 is 1.82 bits per heavy atom. The Balaban J connectivity index is 1.16. The van der Waals surface area contributed by atoms with E-state index in [2.05, 4.69) is 20.6 Å². The van der Waals surface area contributed by atoms with Crippen molar-refractivity contribution in [2.24, 2.45) is 0 Å². The molecule has 1 saturated carbocycles. The maximum atomic E-state index is 13.2. The Morgan fingerprint density at radius 3 is 2.58 bits per heavy atom. The Kier molecular flexibility index (Phi) is 6.46. The molecule has 1 aliphatic heterocycles. The highest BCUT2D eigenvalue weighted by Gasteiger charge is 2.43. The fourth-order valence-corrected chi connectivity index (χ4v) is 6.64. The van der Waals surface area contributed by atoms with Crippen molar-refractivity contribution >= 4 is 57.0 Å². The highest BCUT2D eigenvalue weighted by atomic mass is 32.2. The summed E-state index contributed by atoms with van der Waals surface area (Å²) in [7, 11) is 0. The second-order valence-corrected chi connectivity index (χ2v) is 11.1. The Bertz CT molecular complexity index is 1530. The molecule has 2 unspecified atom stereocenters. The maximum Gasteiger partial charge on any atom is 0.409 e. The van der Waals surface area contributed by atoms with Gasteiger partial charge in [0.15, 0.2) is 5.13 Å². The Labute approximate surface area is 226 Å². The number of carbonyl (C=O) groups is 3. The zero-order chi connectivity index (χ0) is 26.2. The SMILES string of the molecule is O=C(NC1CC1)c1ccc(-c2csc(NC(=O)C3CSC(c4ccnc5ccccc45)N3C(=O)O)n2)cc1. The first-order valence-electron chi connectivity index (χ1n) is 12.1. The van der Waals surface area contributed by atoms with Gasteiger partial charge in [-0.3, -0.25) is 19.5 Å². The average Bonchev–Trinajstić information content (AvgIpc) is 3.43. The first-order valence-corrected chi connectivity index (χ1v) is 14.0. The summed E-state index contributed by atoms with van der Waals surface area (Å²) in [5, 5.41) is 18.3. The number of benzene rings is 2. The smallest absolute Gasteiger partial charge is 0.409 e. The Morgan fingerprint density at radius 1 is 1.03 bits per heavy atom. The van der Waals surface area contributed by atoms with E-state index >= 15 is 0 Å². The second kappa shape index (κ2) is 10.1. The predicted octanol–water partition coefficient (Wildman–Crippen LogP) is 4.98. The van der Waals surface area contributed by atoms with Crippen molar-refractivity contribution in [2.75, 3.05) is 11.1 Å². The van der Waals surface area contributed by atoms with Crippen LogP contribution in [0.3, 0.4) is 0 Å². The van der Waals surface area contributed by atoms with Crippen LogP contribution in [0.15, 0.2) is 66.2 Å². The number of fused-ring (bicyclic) bond motifs is 1. The van der Waals surface area contributed by atoms with Crippen LogP contribution in [0.25, 0.3) is 22.2 Å². The van der Waals surface area contributed by atoms with E-state index in [0.717, 1.165) is 34.9 Å². The molecule has 3 amide bonds. The number of nitrogens with zero attached hydrogens (tertiary/aromatic N) is 3. The average molecular weight is 546 g/mol. The number of nitrogens with one attached hydrogen (secondary N) is 2. The lowest BCUT2D eigenvalue weighted by atomic mass is 10.1. The van der Waals surface area contributed by atoms with Gasteiger partial charge in [-0.1, -0.05) is 30.3 Å². The van der Waals surface area contributed by atoms with E-state index < -0.39 is 23.4 Å². The van der Waals surface area contributed by atoms with Gasteiger partial charge in [-0.25, -0.2) is 9.78 Å². The fraction of sp³-hybridized carbons (Fsp3) is 0.222. The first-order chi connectivity index (χ1) is 18.5. The van der Waals surface area contributed by atoms with Gasteiger partial charge in [0.25, 0.3) is 5.91 Å². The normalized spacial score (nSPS) is 18.9. The zero-order valence-electron chi connectivity index (χ0n) is 20.0. The molecule has 1 saturated heterocycles. The van der Waals surface area contributed by atoms with Gasteiger partial charge < -0.3 is 15.7 Å². The molecule has 2 fully saturated rings. The van der Waals surface area contributed by atoms with E-state index in [1.807, 2.05) is 47.8 Å². The van der Waals surface area contributed by atoms with Crippen LogP contribution in [0.2, 0.25) is 0 Å². The third kappa shape index (κ3) is 4.82. The summed E-state index contributed by atoms with van der Waals surface area (Å²) < 4.78 is 0. The van der Waals surface area contributed by atoms with E-state index in [1.165, 1.54) is 28.0 Å². The molecule has 0 bridgehead atoms. The van der Waals surface area contributed by atoms with Crippen molar-refractivity contribution in [3.8, 4) is 11.3 Å². The molecule has 2 aromatic carbocycles. The van der Waals surface area contributed by atoms with E-state index in [4.69, 9.17) is 0 Å². The highest BCUT2D eigenvalue weighted by molar-refractivity contribution is 7.99. The van der Waals surface area contributed by atoms with Gasteiger partial charge in [0.05, 0.1) is 11.2 Å². The molecule has 9 nitrogen and oxygen atoms in total. The third-order valence-corrected chi connectivity index (χ3v) is 8.63. The van der Waals surface area contributed by atoms with E-state index in [9.17, 15) is 19.5 Å². The van der Waals surface area contributed by atoms with Crippen molar-refractivity contribution in [1.29, 1.82) is 0 Å². The molecule has 6 rings (SSSR count). The van der Waals surface area contributed by atoms with Gasteiger partial charge in [-0.05, 0) is 42.7 Å². The number of rotatable bonds is 6. The van der Waals surface area contributed by atoms with Crippen molar-refractivity contribution in [3.05, 3.63) is 77.3 Å². The van der Waals surface area contributed by atoms with Gasteiger partial charge in [0.2, 0.25) is 5.91 Å². The number of thioether (sulfide) groups is 1. The minimum Gasteiger partial charge on any atom is -0.465 e. The molecule has 0 spiro atoms. The molecule has 4 aromatic rings. The number of carbonyl (C=O) groups excluding carboxylic acids is 2. The third-order valence-electron chi connectivity index (χ3n) is 6.56. The lowest BCUT2D eigenvalue weighted by Gasteiger charge is -2.26. The molecule has 11 heteroatoms. The number of anilines is 1.